The number of Topliss-reactive ketones (excluding diaryl/α,β-unsaturated/α-hetero) is 1. The van der Waals surface area contributed by atoms with Crippen molar-refractivity contribution in [2.24, 2.45) is 0 Å². The number of carbonyl (C=O) groups excluding carboxylic acids is 2. The smallest absolute Gasteiger partial charge is 0.300 e. The van der Waals surface area contributed by atoms with Gasteiger partial charge in [0.15, 0.2) is 0 Å². The van der Waals surface area contributed by atoms with E-state index in [1.807, 2.05) is 56.3 Å². The van der Waals surface area contributed by atoms with Crippen molar-refractivity contribution in [2.45, 2.75) is 19.9 Å². The molecule has 0 aliphatic carbocycles. The normalized spacial score (nSPS) is 16.4. The van der Waals surface area contributed by atoms with E-state index in [0.29, 0.717) is 45.7 Å². The predicted molar refractivity (Wildman–Crippen MR) is 152 cm³/mol. The molecule has 196 valence electrons. The van der Waals surface area contributed by atoms with Crippen LogP contribution in [0.25, 0.3) is 5.76 Å². The van der Waals surface area contributed by atoms with Gasteiger partial charge in [-0.1, -0.05) is 60.1 Å². The molecule has 1 fully saturated rings. The predicted octanol–water partition coefficient (Wildman–Crippen LogP) is 7.47. The zero-order valence-corrected chi connectivity index (χ0v) is 22.2. The highest BCUT2D eigenvalue weighted by atomic mass is 35.5. The molecule has 1 unspecified atom stereocenters. The third kappa shape index (κ3) is 5.11. The Morgan fingerprint density at radius 2 is 1.62 bits per heavy atom. The van der Waals surface area contributed by atoms with E-state index in [1.54, 1.807) is 54.6 Å². The Bertz CT molecular complexity index is 1580. The maximum absolute atomic E-state index is 13.6. The number of halogens is 1. The molecule has 1 heterocycles. The van der Waals surface area contributed by atoms with E-state index in [9.17, 15) is 14.7 Å². The number of ether oxygens (including phenoxy) is 2. The van der Waals surface area contributed by atoms with Crippen molar-refractivity contribution < 1.29 is 24.2 Å². The molecule has 0 spiro atoms. The van der Waals surface area contributed by atoms with Gasteiger partial charge in [-0.3, -0.25) is 14.5 Å². The zero-order valence-electron chi connectivity index (χ0n) is 21.4. The molecule has 0 saturated carbocycles. The van der Waals surface area contributed by atoms with Crippen molar-refractivity contribution in [3.05, 3.63) is 124 Å². The number of aliphatic hydroxyl groups excluding tert-OH is 1. The van der Waals surface area contributed by atoms with Gasteiger partial charge in [0.2, 0.25) is 0 Å². The van der Waals surface area contributed by atoms with E-state index in [-0.39, 0.29) is 11.3 Å². The number of ketones is 1. The van der Waals surface area contributed by atoms with Gasteiger partial charge >= 0.3 is 0 Å². The summed E-state index contributed by atoms with van der Waals surface area (Å²) in [6.07, 6.45) is 0. The number of benzene rings is 4. The highest BCUT2D eigenvalue weighted by Crippen LogP contribution is 2.44. The number of nitrogens with zero attached hydrogens (tertiary/aromatic N) is 1. The summed E-state index contributed by atoms with van der Waals surface area (Å²) in [4.78, 5) is 28.5. The second kappa shape index (κ2) is 11.1. The lowest BCUT2D eigenvalue weighted by molar-refractivity contribution is -0.132. The van der Waals surface area contributed by atoms with Gasteiger partial charge < -0.3 is 14.6 Å². The topological polar surface area (TPSA) is 76.1 Å². The quantitative estimate of drug-likeness (QED) is 0.150. The summed E-state index contributed by atoms with van der Waals surface area (Å²) in [5.41, 5.74) is 2.26. The van der Waals surface area contributed by atoms with Gasteiger partial charge in [0.05, 0.1) is 23.2 Å². The molecule has 0 aromatic heterocycles. The lowest BCUT2D eigenvalue weighted by atomic mass is 9.94. The van der Waals surface area contributed by atoms with Crippen LogP contribution in [0.5, 0.6) is 17.2 Å². The summed E-state index contributed by atoms with van der Waals surface area (Å²) in [6, 6.07) is 27.6. The molecule has 1 aliphatic rings. The number of anilines is 1. The van der Waals surface area contributed by atoms with Crippen molar-refractivity contribution in [3.63, 3.8) is 0 Å². The molecule has 4 aromatic rings. The minimum atomic E-state index is -0.906. The minimum absolute atomic E-state index is 0.0371. The molecule has 1 amide bonds. The van der Waals surface area contributed by atoms with Crippen LogP contribution in [-0.4, -0.2) is 23.4 Å². The van der Waals surface area contributed by atoms with Crippen molar-refractivity contribution >= 4 is 34.7 Å². The average Bonchev–Trinajstić information content (AvgIpc) is 3.20. The molecule has 6 nitrogen and oxygen atoms in total. The number of hydrogen-bond donors (Lipinski definition) is 1. The van der Waals surface area contributed by atoms with Crippen molar-refractivity contribution in [3.8, 4) is 17.2 Å². The van der Waals surface area contributed by atoms with Crippen molar-refractivity contribution in [1.29, 1.82) is 0 Å². The molecule has 39 heavy (non-hydrogen) atoms. The van der Waals surface area contributed by atoms with Crippen LogP contribution >= 0.6 is 11.6 Å². The minimum Gasteiger partial charge on any atom is -0.507 e. The van der Waals surface area contributed by atoms with Crippen LogP contribution in [0, 0.1) is 6.92 Å². The molecule has 0 radical (unpaired) electrons. The highest BCUT2D eigenvalue weighted by molar-refractivity contribution is 6.51. The van der Waals surface area contributed by atoms with Crippen LogP contribution in [0.1, 0.15) is 29.7 Å². The summed E-state index contributed by atoms with van der Waals surface area (Å²) in [6.45, 7) is 4.06. The summed E-state index contributed by atoms with van der Waals surface area (Å²) in [7, 11) is 0. The number of para-hydroxylation sites is 2. The standard InChI is InChI=1S/C32H26ClNO5/c1-3-38-27-19-22(16-17-25(27)33)30(35)28-29(34(32(37)31(28)36)26-15-8-7-10-20(26)2)21-11-9-14-24(18-21)39-23-12-5-4-6-13-23/h4-19,29,35H,3H2,1-2H3/b30-28-. The third-order valence-electron chi connectivity index (χ3n) is 6.48. The maximum atomic E-state index is 13.6. The summed E-state index contributed by atoms with van der Waals surface area (Å²) >= 11 is 6.25. The maximum Gasteiger partial charge on any atom is 0.300 e. The summed E-state index contributed by atoms with van der Waals surface area (Å²) < 4.78 is 11.6. The number of rotatable bonds is 7. The molecule has 1 saturated heterocycles. The second-order valence-corrected chi connectivity index (χ2v) is 9.43. The molecular formula is C32H26ClNO5. The highest BCUT2D eigenvalue weighted by Gasteiger charge is 2.47. The molecule has 1 atom stereocenters. The lowest BCUT2D eigenvalue weighted by Crippen LogP contribution is -2.30. The first-order chi connectivity index (χ1) is 18.9. The Hall–Kier alpha value is -4.55. The number of amides is 1. The van der Waals surface area contributed by atoms with E-state index in [4.69, 9.17) is 21.1 Å². The van der Waals surface area contributed by atoms with Gasteiger partial charge in [-0.2, -0.15) is 0 Å². The number of aliphatic hydroxyl groups is 1. The fraction of sp³-hybridized carbons (Fsp3) is 0.125. The Morgan fingerprint density at radius 3 is 2.36 bits per heavy atom. The molecular weight excluding hydrogens is 514 g/mol. The van der Waals surface area contributed by atoms with Crippen LogP contribution in [0.2, 0.25) is 5.02 Å². The van der Waals surface area contributed by atoms with E-state index >= 15 is 0 Å². The van der Waals surface area contributed by atoms with Crippen LogP contribution in [0.15, 0.2) is 103 Å². The summed E-state index contributed by atoms with van der Waals surface area (Å²) in [5, 5.41) is 11.9. The fourth-order valence-electron chi connectivity index (χ4n) is 4.68. The van der Waals surface area contributed by atoms with Gasteiger partial charge in [-0.15, -0.1) is 0 Å². The van der Waals surface area contributed by atoms with Gasteiger partial charge in [-0.25, -0.2) is 0 Å². The Labute approximate surface area is 231 Å². The number of aryl methyl sites for hydroxylation is 1. The van der Waals surface area contributed by atoms with Gasteiger partial charge in [0, 0.05) is 11.3 Å². The number of carbonyl (C=O) groups is 2. The Balaban J connectivity index is 1.68. The summed E-state index contributed by atoms with van der Waals surface area (Å²) in [5.74, 6) is -0.300. The van der Waals surface area contributed by atoms with Gasteiger partial charge in [0.1, 0.15) is 23.0 Å². The lowest BCUT2D eigenvalue weighted by Gasteiger charge is -2.27. The third-order valence-corrected chi connectivity index (χ3v) is 6.79. The van der Waals surface area contributed by atoms with Crippen molar-refractivity contribution in [1.82, 2.24) is 0 Å². The molecule has 0 bridgehead atoms. The first-order valence-corrected chi connectivity index (χ1v) is 12.9. The molecule has 1 aliphatic heterocycles. The van der Waals surface area contributed by atoms with E-state index in [2.05, 4.69) is 0 Å². The van der Waals surface area contributed by atoms with Crippen LogP contribution in [0.4, 0.5) is 5.69 Å². The first-order valence-electron chi connectivity index (χ1n) is 12.5. The molecule has 5 rings (SSSR count). The Morgan fingerprint density at radius 1 is 0.897 bits per heavy atom. The van der Waals surface area contributed by atoms with Crippen molar-refractivity contribution in [2.75, 3.05) is 11.5 Å². The SMILES string of the molecule is CCOc1cc(/C(O)=C2/C(=O)C(=O)N(c3ccccc3C)C2c2cccc(Oc3ccccc3)c2)ccc1Cl. The van der Waals surface area contributed by atoms with Crippen LogP contribution < -0.4 is 14.4 Å². The molecule has 7 heteroatoms. The van der Waals surface area contributed by atoms with E-state index in [0.717, 1.165) is 5.56 Å². The zero-order chi connectivity index (χ0) is 27.5. The first kappa shape index (κ1) is 26.1. The second-order valence-electron chi connectivity index (χ2n) is 9.02. The molecule has 4 aromatic carbocycles. The van der Waals surface area contributed by atoms with Gasteiger partial charge in [-0.05, 0) is 73.5 Å². The van der Waals surface area contributed by atoms with Crippen LogP contribution in [0.3, 0.4) is 0 Å². The Kier molecular flexibility index (Phi) is 7.39. The monoisotopic (exact) mass is 539 g/mol. The van der Waals surface area contributed by atoms with Crippen LogP contribution in [-0.2, 0) is 9.59 Å². The van der Waals surface area contributed by atoms with E-state index < -0.39 is 17.7 Å². The number of hydrogen-bond acceptors (Lipinski definition) is 5. The van der Waals surface area contributed by atoms with Gasteiger partial charge in [0.25, 0.3) is 11.7 Å². The largest absolute Gasteiger partial charge is 0.507 e. The average molecular weight is 540 g/mol. The van der Waals surface area contributed by atoms with E-state index in [1.165, 1.54) is 4.90 Å². The molecule has 1 N–H and O–H groups in total. The fourth-order valence-corrected chi connectivity index (χ4v) is 4.85.